The van der Waals surface area contributed by atoms with E-state index in [0.29, 0.717) is 10.0 Å². The molecule has 6 heteroatoms. The van der Waals surface area contributed by atoms with Gasteiger partial charge in [0.25, 0.3) is 5.69 Å². The lowest BCUT2D eigenvalue weighted by atomic mass is 10.4. The summed E-state index contributed by atoms with van der Waals surface area (Å²) in [5.74, 6) is 0. The van der Waals surface area contributed by atoms with Crippen molar-refractivity contribution in [3.05, 3.63) is 57.7 Å². The summed E-state index contributed by atoms with van der Waals surface area (Å²) in [6, 6.07) is 10.4. The average Bonchev–Trinajstić information content (AvgIpc) is 2.29. The predicted octanol–water partition coefficient (Wildman–Crippen LogP) is 3.79. The van der Waals surface area contributed by atoms with Gasteiger partial charge in [0.1, 0.15) is 11.2 Å². The van der Waals surface area contributed by atoms with E-state index >= 15 is 0 Å². The van der Waals surface area contributed by atoms with Crippen molar-refractivity contribution in [2.45, 2.75) is 9.92 Å². The first-order valence-corrected chi connectivity index (χ1v) is 5.88. The quantitative estimate of drug-likeness (QED) is 0.626. The Bertz CT molecular complexity index is 545. The number of nitrogens with zero attached hydrogens (tertiary/aromatic N) is 2. The Morgan fingerprint density at radius 1 is 1.29 bits per heavy atom. The Labute approximate surface area is 107 Å². The number of hydrogen-bond acceptors (Lipinski definition) is 4. The average molecular weight is 267 g/mol. The van der Waals surface area contributed by atoms with Gasteiger partial charge >= 0.3 is 0 Å². The van der Waals surface area contributed by atoms with Gasteiger partial charge in [-0.2, -0.15) is 0 Å². The molecule has 0 bridgehead atoms. The van der Waals surface area contributed by atoms with Crippen LogP contribution in [0.15, 0.2) is 52.5 Å². The summed E-state index contributed by atoms with van der Waals surface area (Å²) in [6.07, 6.45) is 1.24. The zero-order valence-corrected chi connectivity index (χ0v) is 10.1. The van der Waals surface area contributed by atoms with E-state index in [1.165, 1.54) is 24.0 Å². The number of benzene rings is 1. The Hall–Kier alpha value is -1.59. The van der Waals surface area contributed by atoms with Crippen molar-refractivity contribution in [1.29, 1.82) is 0 Å². The van der Waals surface area contributed by atoms with E-state index in [-0.39, 0.29) is 5.69 Å². The summed E-state index contributed by atoms with van der Waals surface area (Å²) in [7, 11) is 0. The minimum Gasteiger partial charge on any atom is -0.258 e. The van der Waals surface area contributed by atoms with Crippen LogP contribution in [0, 0.1) is 10.1 Å². The number of hydrogen-bond donors (Lipinski definition) is 0. The second-order valence-electron chi connectivity index (χ2n) is 3.17. The van der Waals surface area contributed by atoms with Gasteiger partial charge in [-0.1, -0.05) is 29.4 Å². The molecule has 2 rings (SSSR count). The first kappa shape index (κ1) is 11.9. The number of aromatic nitrogens is 1. The predicted molar refractivity (Wildman–Crippen MR) is 66.5 cm³/mol. The maximum atomic E-state index is 10.5. The van der Waals surface area contributed by atoms with Gasteiger partial charge in [-0.25, -0.2) is 4.98 Å². The van der Waals surface area contributed by atoms with Gasteiger partial charge in [0, 0.05) is 16.0 Å². The van der Waals surface area contributed by atoms with Gasteiger partial charge in [0.15, 0.2) is 0 Å². The molecule has 0 aliphatic heterocycles. The van der Waals surface area contributed by atoms with Crippen molar-refractivity contribution in [2.24, 2.45) is 0 Å². The number of halogens is 1. The van der Waals surface area contributed by atoms with Crippen LogP contribution in [0.5, 0.6) is 0 Å². The van der Waals surface area contributed by atoms with Crippen LogP contribution in [0.25, 0.3) is 0 Å². The summed E-state index contributed by atoms with van der Waals surface area (Å²) >= 11 is 7.26. The van der Waals surface area contributed by atoms with Gasteiger partial charge in [-0.05, 0) is 24.3 Å². The molecule has 4 nitrogen and oxygen atoms in total. The van der Waals surface area contributed by atoms with Crippen LogP contribution in [0.3, 0.4) is 0 Å². The molecular weight excluding hydrogens is 260 g/mol. The van der Waals surface area contributed by atoms with Crippen LogP contribution < -0.4 is 0 Å². The number of rotatable bonds is 3. The van der Waals surface area contributed by atoms with E-state index in [2.05, 4.69) is 4.98 Å². The lowest BCUT2D eigenvalue weighted by Crippen LogP contribution is -1.89. The van der Waals surface area contributed by atoms with E-state index in [0.717, 1.165) is 4.90 Å². The lowest BCUT2D eigenvalue weighted by Gasteiger charge is -2.00. The number of pyridine rings is 1. The third-order valence-corrected chi connectivity index (χ3v) is 3.13. The van der Waals surface area contributed by atoms with E-state index in [1.807, 2.05) is 18.2 Å². The Morgan fingerprint density at radius 3 is 2.71 bits per heavy atom. The standard InChI is InChI=1S/C11H7ClN2O2S/c12-8-2-1-3-10(6-8)17-11-5-4-9(7-13-11)14(15)16/h1-7H. The molecule has 0 spiro atoms. The first-order valence-electron chi connectivity index (χ1n) is 4.69. The monoisotopic (exact) mass is 266 g/mol. The summed E-state index contributed by atoms with van der Waals surface area (Å²) in [5.41, 5.74) is -0.0135. The van der Waals surface area contributed by atoms with Crippen LogP contribution in [0.2, 0.25) is 5.02 Å². The molecule has 0 atom stereocenters. The van der Waals surface area contributed by atoms with Crippen LogP contribution in [0.4, 0.5) is 5.69 Å². The van der Waals surface area contributed by atoms with E-state index in [4.69, 9.17) is 11.6 Å². The van der Waals surface area contributed by atoms with Gasteiger partial charge in [0.05, 0.1) is 4.92 Å². The molecule has 1 aromatic heterocycles. The Balaban J connectivity index is 2.16. The van der Waals surface area contributed by atoms with Crippen LogP contribution in [-0.4, -0.2) is 9.91 Å². The van der Waals surface area contributed by atoms with Gasteiger partial charge in [-0.15, -0.1) is 0 Å². The zero-order chi connectivity index (χ0) is 12.3. The van der Waals surface area contributed by atoms with E-state index < -0.39 is 4.92 Å². The minimum absolute atomic E-state index is 0.0135. The number of nitro groups is 1. The van der Waals surface area contributed by atoms with Crippen molar-refractivity contribution in [3.63, 3.8) is 0 Å². The molecule has 86 valence electrons. The van der Waals surface area contributed by atoms with Crippen LogP contribution >= 0.6 is 23.4 Å². The Kier molecular flexibility index (Phi) is 3.61. The van der Waals surface area contributed by atoms with E-state index in [1.54, 1.807) is 12.1 Å². The van der Waals surface area contributed by atoms with Crippen LogP contribution in [0.1, 0.15) is 0 Å². The highest BCUT2D eigenvalue weighted by Gasteiger charge is 2.06. The lowest BCUT2D eigenvalue weighted by molar-refractivity contribution is -0.385. The third-order valence-electron chi connectivity index (χ3n) is 1.95. The molecule has 0 radical (unpaired) electrons. The molecule has 0 aliphatic carbocycles. The SMILES string of the molecule is O=[N+]([O-])c1ccc(Sc2cccc(Cl)c2)nc1. The zero-order valence-electron chi connectivity index (χ0n) is 8.54. The highest BCUT2D eigenvalue weighted by atomic mass is 35.5. The second kappa shape index (κ2) is 5.16. The molecule has 1 heterocycles. The van der Waals surface area contributed by atoms with E-state index in [9.17, 15) is 10.1 Å². The van der Waals surface area contributed by atoms with Crippen molar-refractivity contribution in [1.82, 2.24) is 4.98 Å². The van der Waals surface area contributed by atoms with Crippen LogP contribution in [-0.2, 0) is 0 Å². The molecule has 0 saturated heterocycles. The van der Waals surface area contributed by atoms with Crippen molar-refractivity contribution >= 4 is 29.1 Å². The van der Waals surface area contributed by atoms with Gasteiger partial charge in [0.2, 0.25) is 0 Å². The third kappa shape index (κ3) is 3.18. The maximum absolute atomic E-state index is 10.5. The molecule has 0 aliphatic rings. The summed E-state index contributed by atoms with van der Waals surface area (Å²) in [6.45, 7) is 0. The molecule has 0 amide bonds. The molecule has 0 N–H and O–H groups in total. The molecule has 0 fully saturated rings. The largest absolute Gasteiger partial charge is 0.287 e. The Morgan fingerprint density at radius 2 is 2.12 bits per heavy atom. The molecule has 17 heavy (non-hydrogen) atoms. The van der Waals surface area contributed by atoms with Crippen molar-refractivity contribution < 1.29 is 4.92 Å². The highest BCUT2D eigenvalue weighted by molar-refractivity contribution is 7.99. The molecule has 1 aromatic carbocycles. The summed E-state index contributed by atoms with van der Waals surface area (Å²) in [4.78, 5) is 14.9. The fourth-order valence-corrected chi connectivity index (χ4v) is 2.26. The first-order chi connectivity index (χ1) is 8.15. The highest BCUT2D eigenvalue weighted by Crippen LogP contribution is 2.28. The molecule has 2 aromatic rings. The van der Waals surface area contributed by atoms with Gasteiger partial charge < -0.3 is 0 Å². The molecule has 0 unspecified atom stereocenters. The molecule has 0 saturated carbocycles. The normalized spacial score (nSPS) is 10.2. The van der Waals surface area contributed by atoms with Crippen molar-refractivity contribution in [3.8, 4) is 0 Å². The second-order valence-corrected chi connectivity index (χ2v) is 4.70. The smallest absolute Gasteiger partial charge is 0.258 e. The molecular formula is C11H7ClN2O2S. The summed E-state index contributed by atoms with van der Waals surface area (Å²) in [5, 5.41) is 11.8. The fourth-order valence-electron chi connectivity index (χ4n) is 1.19. The minimum atomic E-state index is -0.471. The summed E-state index contributed by atoms with van der Waals surface area (Å²) < 4.78 is 0. The van der Waals surface area contributed by atoms with Gasteiger partial charge in [-0.3, -0.25) is 10.1 Å². The van der Waals surface area contributed by atoms with Crippen molar-refractivity contribution in [2.75, 3.05) is 0 Å². The fraction of sp³-hybridized carbons (Fsp3) is 0. The topological polar surface area (TPSA) is 56.0 Å². The maximum Gasteiger partial charge on any atom is 0.287 e.